The number of halogens is 1. The fourth-order valence-corrected chi connectivity index (χ4v) is 1.59. The number of rotatable bonds is 4. The number of nitrogens with two attached hydrogens (primary N) is 1. The molecular weight excluding hydrogens is 261 g/mol. The number of ether oxygens (including phenoxy) is 1. The van der Waals surface area contributed by atoms with E-state index in [2.05, 4.69) is 10.3 Å². The Labute approximate surface area is 115 Å². The van der Waals surface area contributed by atoms with Crippen LogP contribution in [0.1, 0.15) is 16.1 Å². The molecule has 0 saturated carbocycles. The van der Waals surface area contributed by atoms with Crippen molar-refractivity contribution in [3.63, 3.8) is 0 Å². The van der Waals surface area contributed by atoms with Crippen LogP contribution in [0, 0.1) is 5.82 Å². The lowest BCUT2D eigenvalue weighted by molar-refractivity contribution is 0.102. The number of hydrogen-bond donors (Lipinski definition) is 2. The molecule has 0 aliphatic carbocycles. The number of carbonyl (C=O) groups is 1. The molecule has 0 atom stereocenters. The number of nitrogens with one attached hydrogen (secondary N) is 1. The highest BCUT2D eigenvalue weighted by molar-refractivity contribution is 6.03. The van der Waals surface area contributed by atoms with Gasteiger partial charge in [0.25, 0.3) is 5.91 Å². The van der Waals surface area contributed by atoms with E-state index in [4.69, 9.17) is 10.5 Å². The van der Waals surface area contributed by atoms with Crippen molar-refractivity contribution in [1.29, 1.82) is 0 Å². The molecule has 0 spiro atoms. The maximum atomic E-state index is 13.6. The molecule has 5 nitrogen and oxygen atoms in total. The van der Waals surface area contributed by atoms with E-state index >= 15 is 0 Å². The van der Waals surface area contributed by atoms with Crippen molar-refractivity contribution in [2.24, 2.45) is 5.73 Å². The van der Waals surface area contributed by atoms with Gasteiger partial charge in [-0.3, -0.25) is 9.78 Å². The van der Waals surface area contributed by atoms with E-state index in [1.165, 1.54) is 37.6 Å². The van der Waals surface area contributed by atoms with E-state index in [0.717, 1.165) is 5.56 Å². The second kappa shape index (κ2) is 6.12. The van der Waals surface area contributed by atoms with Crippen LogP contribution >= 0.6 is 0 Å². The van der Waals surface area contributed by atoms with Crippen LogP contribution in [0.3, 0.4) is 0 Å². The van der Waals surface area contributed by atoms with Crippen LogP contribution in [0.2, 0.25) is 0 Å². The second-order valence-corrected chi connectivity index (χ2v) is 4.06. The first-order valence-corrected chi connectivity index (χ1v) is 5.94. The van der Waals surface area contributed by atoms with Gasteiger partial charge >= 0.3 is 0 Å². The predicted octanol–water partition coefficient (Wildman–Crippen LogP) is 1.94. The second-order valence-electron chi connectivity index (χ2n) is 4.06. The third-order valence-electron chi connectivity index (χ3n) is 2.71. The molecule has 104 valence electrons. The summed E-state index contributed by atoms with van der Waals surface area (Å²) >= 11 is 0. The average Bonchev–Trinajstić information content (AvgIpc) is 2.49. The lowest BCUT2D eigenvalue weighted by atomic mass is 10.2. The van der Waals surface area contributed by atoms with Crippen LogP contribution in [0.15, 0.2) is 36.5 Å². The van der Waals surface area contributed by atoms with E-state index in [9.17, 15) is 9.18 Å². The molecular formula is C14H14FN3O2. The van der Waals surface area contributed by atoms with Gasteiger partial charge in [0.05, 0.1) is 12.8 Å². The molecule has 0 saturated heterocycles. The number of anilines is 1. The van der Waals surface area contributed by atoms with Gasteiger partial charge in [0, 0.05) is 18.8 Å². The minimum Gasteiger partial charge on any atom is -0.497 e. The summed E-state index contributed by atoms with van der Waals surface area (Å²) in [5.74, 6) is -0.591. The van der Waals surface area contributed by atoms with E-state index in [1.54, 1.807) is 6.07 Å². The van der Waals surface area contributed by atoms with Crippen LogP contribution in [0.25, 0.3) is 0 Å². The molecule has 1 amide bonds. The number of pyridine rings is 1. The Balaban J connectivity index is 2.18. The van der Waals surface area contributed by atoms with Crippen LogP contribution in [-0.2, 0) is 6.54 Å². The number of amides is 1. The summed E-state index contributed by atoms with van der Waals surface area (Å²) in [6.07, 6.45) is 1.51. The lowest BCUT2D eigenvalue weighted by Crippen LogP contribution is -2.15. The standard InChI is InChI=1S/C14H14FN3O2/c1-20-10-3-4-11(15)13(6-10)18-14(19)12-5-2-9(7-16)8-17-12/h2-6,8H,7,16H2,1H3,(H,18,19). The fourth-order valence-electron chi connectivity index (χ4n) is 1.59. The van der Waals surface area contributed by atoms with Crippen LogP contribution in [-0.4, -0.2) is 18.0 Å². The Morgan fingerprint density at radius 2 is 2.20 bits per heavy atom. The first-order valence-electron chi connectivity index (χ1n) is 5.94. The van der Waals surface area contributed by atoms with E-state index < -0.39 is 11.7 Å². The van der Waals surface area contributed by atoms with Crippen molar-refractivity contribution >= 4 is 11.6 Å². The Morgan fingerprint density at radius 1 is 1.40 bits per heavy atom. The Morgan fingerprint density at radius 3 is 2.80 bits per heavy atom. The topological polar surface area (TPSA) is 77.2 Å². The lowest BCUT2D eigenvalue weighted by Gasteiger charge is -2.08. The molecule has 0 unspecified atom stereocenters. The predicted molar refractivity (Wildman–Crippen MR) is 73.0 cm³/mol. The van der Waals surface area contributed by atoms with Crippen molar-refractivity contribution in [3.05, 3.63) is 53.6 Å². The van der Waals surface area contributed by atoms with Crippen molar-refractivity contribution < 1.29 is 13.9 Å². The number of carbonyl (C=O) groups excluding carboxylic acids is 1. The van der Waals surface area contributed by atoms with Crippen LogP contribution < -0.4 is 15.8 Å². The summed E-state index contributed by atoms with van der Waals surface area (Å²) in [4.78, 5) is 15.9. The highest BCUT2D eigenvalue weighted by atomic mass is 19.1. The largest absolute Gasteiger partial charge is 0.497 e. The molecule has 0 bridgehead atoms. The number of nitrogens with zero attached hydrogens (tertiary/aromatic N) is 1. The van der Waals surface area contributed by atoms with Gasteiger partial charge in [0.2, 0.25) is 0 Å². The number of benzene rings is 1. The van der Waals surface area contributed by atoms with Gasteiger partial charge in [-0.05, 0) is 23.8 Å². The van der Waals surface area contributed by atoms with Gasteiger partial charge in [0.15, 0.2) is 0 Å². The molecule has 2 aromatic rings. The molecule has 20 heavy (non-hydrogen) atoms. The van der Waals surface area contributed by atoms with Crippen molar-refractivity contribution in [3.8, 4) is 5.75 Å². The van der Waals surface area contributed by atoms with Crippen molar-refractivity contribution in [2.45, 2.75) is 6.54 Å². The number of methoxy groups -OCH3 is 1. The van der Waals surface area contributed by atoms with E-state index in [1.807, 2.05) is 0 Å². The summed E-state index contributed by atoms with van der Waals surface area (Å²) in [5.41, 5.74) is 6.49. The zero-order valence-corrected chi connectivity index (χ0v) is 10.9. The summed E-state index contributed by atoms with van der Waals surface area (Å²) < 4.78 is 18.6. The van der Waals surface area contributed by atoms with Gasteiger partial charge in [-0.1, -0.05) is 6.07 Å². The monoisotopic (exact) mass is 275 g/mol. The molecule has 6 heteroatoms. The molecule has 1 aromatic carbocycles. The molecule has 0 aliphatic heterocycles. The minimum atomic E-state index is -0.544. The third-order valence-corrected chi connectivity index (χ3v) is 2.71. The zero-order valence-electron chi connectivity index (χ0n) is 10.9. The Bertz CT molecular complexity index is 614. The normalized spacial score (nSPS) is 10.2. The summed E-state index contributed by atoms with van der Waals surface area (Å²) in [5, 5.41) is 2.45. The maximum Gasteiger partial charge on any atom is 0.274 e. The molecule has 1 heterocycles. The molecule has 0 fully saturated rings. The summed E-state index contributed by atoms with van der Waals surface area (Å²) in [6, 6.07) is 7.33. The highest BCUT2D eigenvalue weighted by Crippen LogP contribution is 2.21. The van der Waals surface area contributed by atoms with Gasteiger partial charge < -0.3 is 15.8 Å². The van der Waals surface area contributed by atoms with Crippen molar-refractivity contribution in [1.82, 2.24) is 4.98 Å². The first kappa shape index (κ1) is 14.0. The fraction of sp³-hybridized carbons (Fsp3) is 0.143. The number of aromatic nitrogens is 1. The molecule has 3 N–H and O–H groups in total. The van der Waals surface area contributed by atoms with E-state index in [-0.39, 0.29) is 11.4 Å². The zero-order chi connectivity index (χ0) is 14.5. The SMILES string of the molecule is COc1ccc(F)c(NC(=O)c2ccc(CN)cn2)c1. The molecule has 1 aromatic heterocycles. The molecule has 2 rings (SSSR count). The average molecular weight is 275 g/mol. The maximum absolute atomic E-state index is 13.6. The quantitative estimate of drug-likeness (QED) is 0.894. The van der Waals surface area contributed by atoms with Gasteiger partial charge in [-0.2, -0.15) is 0 Å². The van der Waals surface area contributed by atoms with Gasteiger partial charge in [-0.25, -0.2) is 4.39 Å². The molecule has 0 aliphatic rings. The highest BCUT2D eigenvalue weighted by Gasteiger charge is 2.11. The van der Waals surface area contributed by atoms with Crippen molar-refractivity contribution in [2.75, 3.05) is 12.4 Å². The van der Waals surface area contributed by atoms with Crippen LogP contribution in [0.4, 0.5) is 10.1 Å². The minimum absolute atomic E-state index is 0.0408. The smallest absolute Gasteiger partial charge is 0.274 e. The summed E-state index contributed by atoms with van der Waals surface area (Å²) in [6.45, 7) is 0.347. The van der Waals surface area contributed by atoms with Gasteiger partial charge in [0.1, 0.15) is 17.3 Å². The van der Waals surface area contributed by atoms with E-state index in [0.29, 0.717) is 12.3 Å². The third kappa shape index (κ3) is 3.10. The Kier molecular flexibility index (Phi) is 4.27. The molecule has 0 radical (unpaired) electrons. The number of hydrogen-bond acceptors (Lipinski definition) is 4. The summed E-state index contributed by atoms with van der Waals surface area (Å²) in [7, 11) is 1.46. The Hall–Kier alpha value is -2.47. The van der Waals surface area contributed by atoms with Gasteiger partial charge in [-0.15, -0.1) is 0 Å². The van der Waals surface area contributed by atoms with Crippen LogP contribution in [0.5, 0.6) is 5.75 Å². The first-order chi connectivity index (χ1) is 9.63.